The molecule has 7 nitrogen and oxygen atoms in total. The summed E-state index contributed by atoms with van der Waals surface area (Å²) in [5.74, 6) is 1.90. The van der Waals surface area contributed by atoms with Gasteiger partial charge in [0.2, 0.25) is 5.28 Å². The topological polar surface area (TPSA) is 74.1 Å². The number of hydrogen-bond acceptors (Lipinski definition) is 6. The first-order valence-electron chi connectivity index (χ1n) is 7.50. The van der Waals surface area contributed by atoms with Crippen LogP contribution in [0.15, 0.2) is 30.9 Å². The molecule has 3 aromatic rings. The molecule has 0 bridgehead atoms. The van der Waals surface area contributed by atoms with Crippen LogP contribution < -0.4 is 14.8 Å². The van der Waals surface area contributed by atoms with Crippen LogP contribution >= 0.6 is 11.6 Å². The third kappa shape index (κ3) is 3.51. The van der Waals surface area contributed by atoms with E-state index in [1.807, 2.05) is 16.8 Å². The number of fused-ring (bicyclic) bond motifs is 1. The van der Waals surface area contributed by atoms with Gasteiger partial charge < -0.3 is 19.4 Å². The van der Waals surface area contributed by atoms with Gasteiger partial charge in [-0.25, -0.2) is 15.0 Å². The van der Waals surface area contributed by atoms with Crippen LogP contribution in [0.2, 0.25) is 5.28 Å². The van der Waals surface area contributed by atoms with Crippen molar-refractivity contribution in [1.29, 1.82) is 0 Å². The summed E-state index contributed by atoms with van der Waals surface area (Å²) in [6.45, 7) is 1.62. The Hall–Kier alpha value is -2.54. The quantitative estimate of drug-likeness (QED) is 0.523. The summed E-state index contributed by atoms with van der Waals surface area (Å²) in [6, 6.07) is 3.64. The summed E-state index contributed by atoms with van der Waals surface area (Å²) >= 11 is 6.04. The molecule has 2 heterocycles. The van der Waals surface area contributed by atoms with Crippen molar-refractivity contribution in [2.24, 2.45) is 0 Å². The van der Waals surface area contributed by atoms with E-state index in [2.05, 4.69) is 20.3 Å². The molecule has 0 amide bonds. The van der Waals surface area contributed by atoms with Gasteiger partial charge in [0, 0.05) is 36.9 Å². The second kappa shape index (κ2) is 7.35. The largest absolute Gasteiger partial charge is 0.493 e. The summed E-state index contributed by atoms with van der Waals surface area (Å²) in [6.07, 6.45) is 6.43. The summed E-state index contributed by atoms with van der Waals surface area (Å²) in [7, 11) is 3.18. The van der Waals surface area contributed by atoms with E-state index in [0.29, 0.717) is 22.8 Å². The number of halogens is 1. The lowest BCUT2D eigenvalue weighted by molar-refractivity contribution is 0.356. The first-order valence-corrected chi connectivity index (χ1v) is 7.88. The highest BCUT2D eigenvalue weighted by molar-refractivity contribution is 6.28. The number of nitrogens with zero attached hydrogens (tertiary/aromatic N) is 4. The standard InChI is InChI=1S/C16H18ClN5O2/c1-23-13-8-11-12(9-14(13)24-2)20-16(17)21-15(11)19-4-3-6-22-7-5-18-10-22/h5,7-10H,3-4,6H2,1-2H3,(H,19,20,21). The Morgan fingerprint density at radius 1 is 1.17 bits per heavy atom. The Balaban J connectivity index is 1.80. The number of ether oxygens (including phenoxy) is 2. The second-order valence-corrected chi connectivity index (χ2v) is 5.48. The molecule has 1 aromatic carbocycles. The van der Waals surface area contributed by atoms with E-state index in [0.717, 1.165) is 24.9 Å². The molecule has 0 saturated heterocycles. The summed E-state index contributed by atoms with van der Waals surface area (Å²) < 4.78 is 12.7. The first-order chi connectivity index (χ1) is 11.7. The molecule has 0 aliphatic carbocycles. The highest BCUT2D eigenvalue weighted by Gasteiger charge is 2.12. The third-order valence-electron chi connectivity index (χ3n) is 3.62. The fraction of sp³-hybridized carbons (Fsp3) is 0.312. The molecule has 0 fully saturated rings. The summed E-state index contributed by atoms with van der Waals surface area (Å²) in [4.78, 5) is 12.6. The molecule has 1 N–H and O–H groups in total. The lowest BCUT2D eigenvalue weighted by Crippen LogP contribution is -2.08. The van der Waals surface area contributed by atoms with Gasteiger partial charge in [0.15, 0.2) is 11.5 Å². The van der Waals surface area contributed by atoms with Crippen molar-refractivity contribution in [2.75, 3.05) is 26.1 Å². The van der Waals surface area contributed by atoms with Gasteiger partial charge in [0.1, 0.15) is 5.82 Å². The monoisotopic (exact) mass is 347 g/mol. The van der Waals surface area contributed by atoms with E-state index in [-0.39, 0.29) is 5.28 Å². The third-order valence-corrected chi connectivity index (χ3v) is 3.79. The smallest absolute Gasteiger partial charge is 0.224 e. The van der Waals surface area contributed by atoms with Crippen molar-refractivity contribution in [1.82, 2.24) is 19.5 Å². The van der Waals surface area contributed by atoms with E-state index < -0.39 is 0 Å². The minimum Gasteiger partial charge on any atom is -0.493 e. The molecule has 0 unspecified atom stereocenters. The lowest BCUT2D eigenvalue weighted by atomic mass is 10.2. The highest BCUT2D eigenvalue weighted by Crippen LogP contribution is 2.34. The molecule has 0 atom stereocenters. The number of aryl methyl sites for hydroxylation is 1. The Labute approximate surface area is 144 Å². The van der Waals surface area contributed by atoms with Crippen LogP contribution in [0.1, 0.15) is 6.42 Å². The Bertz CT molecular complexity index is 823. The van der Waals surface area contributed by atoms with Gasteiger partial charge in [-0.05, 0) is 24.1 Å². The molecule has 0 spiro atoms. The van der Waals surface area contributed by atoms with Crippen LogP contribution in [-0.2, 0) is 6.54 Å². The van der Waals surface area contributed by atoms with Crippen molar-refractivity contribution in [3.8, 4) is 11.5 Å². The second-order valence-electron chi connectivity index (χ2n) is 5.15. The SMILES string of the molecule is COc1cc2nc(Cl)nc(NCCCn3ccnc3)c2cc1OC. The van der Waals surface area contributed by atoms with Crippen LogP contribution in [0.4, 0.5) is 5.82 Å². The van der Waals surface area contributed by atoms with Crippen molar-refractivity contribution in [3.63, 3.8) is 0 Å². The summed E-state index contributed by atoms with van der Waals surface area (Å²) in [5, 5.41) is 4.33. The molecule has 0 aliphatic heterocycles. The number of rotatable bonds is 7. The molecule has 8 heteroatoms. The lowest BCUT2D eigenvalue weighted by Gasteiger charge is -2.12. The van der Waals surface area contributed by atoms with E-state index in [1.165, 1.54) is 0 Å². The number of hydrogen-bond donors (Lipinski definition) is 1. The zero-order valence-electron chi connectivity index (χ0n) is 13.5. The maximum absolute atomic E-state index is 6.04. The summed E-state index contributed by atoms with van der Waals surface area (Å²) in [5.41, 5.74) is 0.699. The average Bonchev–Trinajstić information content (AvgIpc) is 3.10. The maximum Gasteiger partial charge on any atom is 0.224 e. The van der Waals surface area contributed by atoms with Gasteiger partial charge >= 0.3 is 0 Å². The molecular weight excluding hydrogens is 330 g/mol. The average molecular weight is 348 g/mol. The van der Waals surface area contributed by atoms with Gasteiger partial charge in [-0.15, -0.1) is 0 Å². The number of nitrogens with one attached hydrogen (secondary N) is 1. The molecule has 2 aromatic heterocycles. The van der Waals surface area contributed by atoms with Gasteiger partial charge in [0.05, 0.1) is 26.1 Å². The van der Waals surface area contributed by atoms with Crippen LogP contribution in [0, 0.1) is 0 Å². The zero-order chi connectivity index (χ0) is 16.9. The fourth-order valence-corrected chi connectivity index (χ4v) is 2.63. The minimum absolute atomic E-state index is 0.187. The van der Waals surface area contributed by atoms with Gasteiger partial charge in [-0.1, -0.05) is 0 Å². The van der Waals surface area contributed by atoms with Crippen LogP contribution in [0.3, 0.4) is 0 Å². The normalized spacial score (nSPS) is 10.8. The maximum atomic E-state index is 6.04. The van der Waals surface area contributed by atoms with E-state index in [1.54, 1.807) is 32.8 Å². The van der Waals surface area contributed by atoms with E-state index in [4.69, 9.17) is 21.1 Å². The molecular formula is C16H18ClN5O2. The molecule has 126 valence electrons. The number of aromatic nitrogens is 4. The van der Waals surface area contributed by atoms with Crippen molar-refractivity contribution in [2.45, 2.75) is 13.0 Å². The molecule has 24 heavy (non-hydrogen) atoms. The zero-order valence-corrected chi connectivity index (χ0v) is 14.2. The van der Waals surface area contributed by atoms with Gasteiger partial charge in [-0.3, -0.25) is 0 Å². The number of benzene rings is 1. The van der Waals surface area contributed by atoms with E-state index in [9.17, 15) is 0 Å². The van der Waals surface area contributed by atoms with Gasteiger partial charge in [-0.2, -0.15) is 0 Å². The van der Waals surface area contributed by atoms with Crippen LogP contribution in [0.25, 0.3) is 10.9 Å². The first kappa shape index (κ1) is 16.3. The number of imidazole rings is 1. The molecule has 0 saturated carbocycles. The fourth-order valence-electron chi connectivity index (χ4n) is 2.45. The van der Waals surface area contributed by atoms with E-state index >= 15 is 0 Å². The van der Waals surface area contributed by atoms with Crippen molar-refractivity contribution in [3.05, 3.63) is 36.1 Å². The Morgan fingerprint density at radius 3 is 2.67 bits per heavy atom. The van der Waals surface area contributed by atoms with Crippen LogP contribution in [-0.4, -0.2) is 40.3 Å². The minimum atomic E-state index is 0.187. The molecule has 0 aliphatic rings. The number of anilines is 1. The Kier molecular flexibility index (Phi) is 5.00. The van der Waals surface area contributed by atoms with Crippen molar-refractivity contribution >= 4 is 28.3 Å². The Morgan fingerprint density at radius 2 is 1.96 bits per heavy atom. The van der Waals surface area contributed by atoms with Crippen LogP contribution in [0.5, 0.6) is 11.5 Å². The highest BCUT2D eigenvalue weighted by atomic mass is 35.5. The molecule has 0 radical (unpaired) electrons. The van der Waals surface area contributed by atoms with Crippen molar-refractivity contribution < 1.29 is 9.47 Å². The number of methoxy groups -OCH3 is 2. The predicted molar refractivity (Wildman–Crippen MR) is 93.0 cm³/mol. The molecule has 3 rings (SSSR count). The van der Waals surface area contributed by atoms with Gasteiger partial charge in [0.25, 0.3) is 0 Å². The predicted octanol–water partition coefficient (Wildman–Crippen LogP) is 3.00.